The second kappa shape index (κ2) is 3.60. The largest absolute Gasteiger partial charge is 0.598 e. The van der Waals surface area contributed by atoms with E-state index in [1.165, 1.54) is 12.8 Å². The van der Waals surface area contributed by atoms with Crippen molar-refractivity contribution < 1.29 is 4.55 Å². The lowest BCUT2D eigenvalue weighted by molar-refractivity contribution is 0.289. The molecule has 0 spiro atoms. The molecule has 2 nitrogen and oxygen atoms in total. The van der Waals surface area contributed by atoms with Crippen molar-refractivity contribution in [2.24, 2.45) is 5.92 Å². The highest BCUT2D eigenvalue weighted by Gasteiger charge is 2.21. The van der Waals surface area contributed by atoms with Crippen molar-refractivity contribution in [2.45, 2.75) is 19.8 Å². The topological polar surface area (TPSA) is 26.3 Å². The van der Waals surface area contributed by atoms with Gasteiger partial charge in [0.2, 0.25) is 0 Å². The van der Waals surface area contributed by atoms with Gasteiger partial charge in [0.05, 0.1) is 0 Å². The first kappa shape index (κ1) is 8.37. The van der Waals surface area contributed by atoms with Crippen LogP contribution in [0.4, 0.5) is 0 Å². The molecule has 1 fully saturated rings. The van der Waals surface area contributed by atoms with E-state index in [0.29, 0.717) is 0 Å². The zero-order chi connectivity index (χ0) is 7.56. The third-order valence-electron chi connectivity index (χ3n) is 2.11. The summed E-state index contributed by atoms with van der Waals surface area (Å²) >= 11 is -0.734. The molecule has 0 radical (unpaired) electrons. The number of nitrogens with zero attached hydrogens (tertiary/aromatic N) is 1. The summed E-state index contributed by atoms with van der Waals surface area (Å²) in [4.78, 5) is 0. The number of hydrogen-bond acceptors (Lipinski definition) is 2. The van der Waals surface area contributed by atoms with Gasteiger partial charge in [0.1, 0.15) is 6.26 Å². The fourth-order valence-corrected chi connectivity index (χ4v) is 1.97. The molecule has 3 heteroatoms. The van der Waals surface area contributed by atoms with Crippen LogP contribution in [0.5, 0.6) is 0 Å². The van der Waals surface area contributed by atoms with Crippen LogP contribution in [0, 0.1) is 5.92 Å². The van der Waals surface area contributed by atoms with E-state index in [4.69, 9.17) is 0 Å². The summed E-state index contributed by atoms with van der Waals surface area (Å²) in [5.74, 6) is 0.833. The van der Waals surface area contributed by atoms with E-state index in [1.54, 1.807) is 6.26 Å². The summed E-state index contributed by atoms with van der Waals surface area (Å²) in [6, 6.07) is 0. The summed E-state index contributed by atoms with van der Waals surface area (Å²) in [5.41, 5.74) is 0. The monoisotopic (exact) mass is 161 g/mol. The third kappa shape index (κ3) is 2.15. The minimum Gasteiger partial charge on any atom is -0.598 e. The zero-order valence-corrected chi connectivity index (χ0v) is 7.49. The van der Waals surface area contributed by atoms with E-state index in [1.807, 2.05) is 4.31 Å². The van der Waals surface area contributed by atoms with Gasteiger partial charge in [-0.15, -0.1) is 4.31 Å². The Balaban J connectivity index is 2.26. The van der Waals surface area contributed by atoms with Gasteiger partial charge >= 0.3 is 0 Å². The smallest absolute Gasteiger partial charge is 0.115 e. The number of rotatable bonds is 1. The maximum Gasteiger partial charge on any atom is 0.115 e. The van der Waals surface area contributed by atoms with Crippen LogP contribution >= 0.6 is 0 Å². The molecule has 0 aromatic heterocycles. The summed E-state index contributed by atoms with van der Waals surface area (Å²) in [6.07, 6.45) is 4.18. The van der Waals surface area contributed by atoms with Gasteiger partial charge in [-0.05, 0) is 18.8 Å². The Morgan fingerprint density at radius 1 is 1.40 bits per heavy atom. The Kier molecular flexibility index (Phi) is 3.01. The summed E-state index contributed by atoms with van der Waals surface area (Å²) in [6.45, 7) is 4.30. The molecule has 0 N–H and O–H groups in total. The van der Waals surface area contributed by atoms with Crippen LogP contribution in [0.1, 0.15) is 19.8 Å². The van der Waals surface area contributed by atoms with Gasteiger partial charge in [-0.1, -0.05) is 6.92 Å². The lowest BCUT2D eigenvalue weighted by Gasteiger charge is -2.28. The SMILES string of the molecule is CC1CCN([S+](C)[O-])CC1. The lowest BCUT2D eigenvalue weighted by Crippen LogP contribution is -2.37. The molecule has 1 saturated heterocycles. The average molecular weight is 161 g/mol. The van der Waals surface area contributed by atoms with E-state index in [2.05, 4.69) is 6.92 Å². The molecule has 1 unspecified atom stereocenters. The number of piperidine rings is 1. The van der Waals surface area contributed by atoms with E-state index in [9.17, 15) is 4.55 Å². The van der Waals surface area contributed by atoms with E-state index >= 15 is 0 Å². The van der Waals surface area contributed by atoms with Gasteiger partial charge < -0.3 is 4.55 Å². The third-order valence-corrected chi connectivity index (χ3v) is 3.20. The molecule has 60 valence electrons. The maximum absolute atomic E-state index is 10.9. The van der Waals surface area contributed by atoms with E-state index in [-0.39, 0.29) is 0 Å². The first-order chi connectivity index (χ1) is 4.70. The van der Waals surface area contributed by atoms with Gasteiger partial charge in [-0.2, -0.15) is 0 Å². The molecular formula is C7H15NOS. The normalized spacial score (nSPS) is 26.7. The quantitative estimate of drug-likeness (QED) is 0.537. The molecule has 1 atom stereocenters. The highest BCUT2D eigenvalue weighted by molar-refractivity contribution is 7.88. The maximum atomic E-state index is 10.9. The average Bonchev–Trinajstić information content (AvgIpc) is 1.88. The van der Waals surface area contributed by atoms with Crippen LogP contribution in [-0.4, -0.2) is 28.2 Å². The van der Waals surface area contributed by atoms with Crippen molar-refractivity contribution in [3.8, 4) is 0 Å². The highest BCUT2D eigenvalue weighted by Crippen LogP contribution is 2.17. The van der Waals surface area contributed by atoms with E-state index < -0.39 is 11.4 Å². The van der Waals surface area contributed by atoms with Crippen molar-refractivity contribution in [1.82, 2.24) is 4.31 Å². The molecule has 0 amide bonds. The number of hydrogen-bond donors (Lipinski definition) is 0. The molecule has 0 aromatic rings. The molecule has 1 aliphatic rings. The van der Waals surface area contributed by atoms with Gasteiger partial charge in [0.15, 0.2) is 0 Å². The van der Waals surface area contributed by atoms with Crippen molar-refractivity contribution >= 4 is 11.4 Å². The molecular weight excluding hydrogens is 146 g/mol. The Morgan fingerprint density at radius 3 is 2.30 bits per heavy atom. The van der Waals surface area contributed by atoms with E-state index in [0.717, 1.165) is 19.0 Å². The van der Waals surface area contributed by atoms with Crippen LogP contribution in [0.15, 0.2) is 0 Å². The molecule has 0 saturated carbocycles. The summed E-state index contributed by atoms with van der Waals surface area (Å²) in [7, 11) is 0. The fraction of sp³-hybridized carbons (Fsp3) is 1.00. The van der Waals surface area contributed by atoms with Gasteiger partial charge in [-0.25, -0.2) is 0 Å². The van der Waals surface area contributed by atoms with Crippen molar-refractivity contribution in [3.05, 3.63) is 0 Å². The Labute approximate surface area is 65.9 Å². The van der Waals surface area contributed by atoms with Crippen LogP contribution in [0.2, 0.25) is 0 Å². The molecule has 0 aliphatic carbocycles. The molecule has 0 bridgehead atoms. The minimum atomic E-state index is -0.734. The predicted molar refractivity (Wildman–Crippen MR) is 44.0 cm³/mol. The first-order valence-corrected chi connectivity index (χ1v) is 5.30. The second-order valence-corrected chi connectivity index (χ2v) is 4.40. The van der Waals surface area contributed by atoms with Crippen molar-refractivity contribution in [2.75, 3.05) is 19.3 Å². The Morgan fingerprint density at radius 2 is 1.90 bits per heavy atom. The molecule has 1 rings (SSSR count). The van der Waals surface area contributed by atoms with Crippen LogP contribution in [0.25, 0.3) is 0 Å². The molecule has 10 heavy (non-hydrogen) atoms. The van der Waals surface area contributed by atoms with Crippen molar-refractivity contribution in [3.63, 3.8) is 0 Å². The van der Waals surface area contributed by atoms with Crippen LogP contribution < -0.4 is 0 Å². The van der Waals surface area contributed by atoms with Crippen molar-refractivity contribution in [1.29, 1.82) is 0 Å². The van der Waals surface area contributed by atoms with Crippen LogP contribution in [-0.2, 0) is 11.4 Å². The Bertz CT molecular complexity index is 99.8. The molecule has 1 heterocycles. The predicted octanol–water partition coefficient (Wildman–Crippen LogP) is 1.01. The molecule has 1 aliphatic heterocycles. The summed E-state index contributed by atoms with van der Waals surface area (Å²) < 4.78 is 13.0. The van der Waals surface area contributed by atoms with Gasteiger partial charge in [0, 0.05) is 24.5 Å². The lowest BCUT2D eigenvalue weighted by atomic mass is 10.0. The highest BCUT2D eigenvalue weighted by atomic mass is 32.2. The second-order valence-electron chi connectivity index (χ2n) is 3.04. The fourth-order valence-electron chi connectivity index (χ4n) is 1.24. The summed E-state index contributed by atoms with van der Waals surface area (Å²) in [5, 5.41) is 0. The standard InChI is InChI=1S/C7H15NOS/c1-7-3-5-8(6-4-7)10(2)9/h7H,3-6H2,1-2H3. The van der Waals surface area contributed by atoms with Gasteiger partial charge in [0.25, 0.3) is 0 Å². The van der Waals surface area contributed by atoms with Crippen LogP contribution in [0.3, 0.4) is 0 Å². The Hall–Kier alpha value is 0.270. The first-order valence-electron chi connectivity index (χ1n) is 3.78. The zero-order valence-electron chi connectivity index (χ0n) is 6.67. The van der Waals surface area contributed by atoms with Gasteiger partial charge in [-0.3, -0.25) is 0 Å². The minimum absolute atomic E-state index is 0.734. The molecule has 0 aromatic carbocycles.